The quantitative estimate of drug-likeness (QED) is 0.286. The van der Waals surface area contributed by atoms with Crippen LogP contribution >= 0.6 is 22.7 Å². The zero-order valence-electron chi connectivity index (χ0n) is 20.2. The zero-order valence-corrected chi connectivity index (χ0v) is 21.9. The molecule has 2 atom stereocenters. The number of rotatable bonds is 4. The Morgan fingerprint density at radius 2 is 1.12 bits per heavy atom. The minimum atomic E-state index is 0.420. The summed E-state index contributed by atoms with van der Waals surface area (Å²) in [4.78, 5) is 3.10. The monoisotopic (exact) mass is 474 g/mol. The third kappa shape index (κ3) is 3.91. The normalized spacial score (nSPS) is 24.1. The fourth-order valence-corrected chi connectivity index (χ4v) is 9.26. The summed E-state index contributed by atoms with van der Waals surface area (Å²) in [6, 6.07) is 18.0. The molecule has 0 bridgehead atoms. The van der Waals surface area contributed by atoms with Gasteiger partial charge in [-0.05, 0) is 108 Å². The van der Waals surface area contributed by atoms with Gasteiger partial charge in [0.15, 0.2) is 0 Å². The van der Waals surface area contributed by atoms with E-state index < -0.39 is 0 Å². The first-order valence-corrected chi connectivity index (χ1v) is 14.2. The van der Waals surface area contributed by atoms with Gasteiger partial charge in [0.05, 0.1) is 0 Å². The van der Waals surface area contributed by atoms with Crippen LogP contribution in [0, 0.1) is 10.8 Å². The van der Waals surface area contributed by atoms with Crippen LogP contribution < -0.4 is 4.74 Å². The van der Waals surface area contributed by atoms with Crippen molar-refractivity contribution in [2.45, 2.75) is 78.1 Å². The lowest BCUT2D eigenvalue weighted by Gasteiger charge is -2.25. The number of hydrogen-bond donors (Lipinski definition) is 0. The fourth-order valence-electron chi connectivity index (χ4n) is 6.38. The molecule has 6 rings (SSSR count). The van der Waals surface area contributed by atoms with Gasteiger partial charge in [0.25, 0.3) is 0 Å². The molecule has 2 unspecified atom stereocenters. The summed E-state index contributed by atoms with van der Waals surface area (Å²) in [6.07, 6.45) is 8.03. The van der Waals surface area contributed by atoms with Gasteiger partial charge in [-0.2, -0.15) is 0 Å². The number of fused-ring (bicyclic) bond motifs is 2. The average Bonchev–Trinajstić information content (AvgIpc) is 3.51. The summed E-state index contributed by atoms with van der Waals surface area (Å²) in [7, 11) is 0. The van der Waals surface area contributed by atoms with Crippen LogP contribution in [-0.4, -0.2) is 0 Å². The predicted octanol–water partition coefficient (Wildman–Crippen LogP) is 10.5. The summed E-state index contributed by atoms with van der Waals surface area (Å²) in [5, 5.41) is 2.70. The highest BCUT2D eigenvalue weighted by molar-refractivity contribution is 7.19. The molecule has 0 N–H and O–H groups in total. The first-order valence-electron chi connectivity index (χ1n) is 12.5. The van der Waals surface area contributed by atoms with Crippen molar-refractivity contribution in [2.24, 2.45) is 10.8 Å². The van der Waals surface area contributed by atoms with E-state index in [1.807, 2.05) is 22.7 Å². The maximum absolute atomic E-state index is 6.36. The topological polar surface area (TPSA) is 9.23 Å². The Labute approximate surface area is 205 Å². The molecule has 172 valence electrons. The van der Waals surface area contributed by atoms with E-state index in [0.29, 0.717) is 22.7 Å². The van der Waals surface area contributed by atoms with Crippen LogP contribution in [0.5, 0.6) is 11.5 Å². The maximum atomic E-state index is 6.36. The van der Waals surface area contributed by atoms with E-state index >= 15 is 0 Å². The molecule has 2 aromatic heterocycles. The fraction of sp³-hybridized carbons (Fsp3) is 0.467. The van der Waals surface area contributed by atoms with Crippen LogP contribution in [0.1, 0.15) is 87.8 Å². The Morgan fingerprint density at radius 3 is 1.52 bits per heavy atom. The highest BCUT2D eigenvalue weighted by Gasteiger charge is 2.37. The van der Waals surface area contributed by atoms with E-state index in [9.17, 15) is 0 Å². The summed E-state index contributed by atoms with van der Waals surface area (Å²) >= 11 is 3.93. The third-order valence-electron chi connectivity index (χ3n) is 8.46. The molecule has 0 amide bonds. The summed E-state index contributed by atoms with van der Waals surface area (Å²) in [5.41, 5.74) is 0.839. The lowest BCUT2D eigenvalue weighted by molar-refractivity contribution is 0.336. The van der Waals surface area contributed by atoms with E-state index in [2.05, 4.69) is 76.2 Å². The van der Waals surface area contributed by atoms with E-state index in [4.69, 9.17) is 4.74 Å². The molecule has 2 aliphatic carbocycles. The van der Waals surface area contributed by atoms with Gasteiger partial charge in [-0.15, -0.1) is 22.7 Å². The minimum absolute atomic E-state index is 0.420. The van der Waals surface area contributed by atoms with Crippen molar-refractivity contribution in [1.82, 2.24) is 0 Å². The van der Waals surface area contributed by atoms with Crippen molar-refractivity contribution in [2.75, 3.05) is 0 Å². The largest absolute Gasteiger partial charge is 0.457 e. The highest BCUT2D eigenvalue weighted by atomic mass is 32.1. The molecular weight excluding hydrogens is 440 g/mol. The molecule has 0 spiro atoms. The van der Waals surface area contributed by atoms with Crippen molar-refractivity contribution in [3.05, 3.63) is 58.3 Å². The molecule has 2 aliphatic rings. The van der Waals surface area contributed by atoms with Crippen molar-refractivity contribution >= 4 is 42.8 Å². The molecule has 2 heterocycles. The van der Waals surface area contributed by atoms with Gasteiger partial charge in [0.2, 0.25) is 0 Å². The molecule has 0 aliphatic heterocycles. The standard InChI is InChI=1S/C30H34OS2/c1-29(2)13-5-7-23(29)27-15-19-9-11-21(17-25(19)32-27)31-22-12-10-20-16-28(33-26(20)18-22)24-8-6-14-30(24,3)4/h9-12,15-18,23-24H,5-8,13-14H2,1-4H3. The third-order valence-corrected chi connectivity index (χ3v) is 10.9. The molecule has 1 nitrogen and oxygen atoms in total. The second kappa shape index (κ2) is 7.85. The summed E-state index contributed by atoms with van der Waals surface area (Å²) in [5.74, 6) is 3.27. The second-order valence-corrected chi connectivity index (χ2v) is 13.9. The van der Waals surface area contributed by atoms with E-state index in [1.54, 1.807) is 9.75 Å². The van der Waals surface area contributed by atoms with Crippen molar-refractivity contribution in [3.63, 3.8) is 0 Å². The SMILES string of the molecule is CC1(C)CCCC1c1cc2ccc(Oc3ccc4cc(C5CCCC5(C)C)sc4c3)cc2s1. The number of hydrogen-bond acceptors (Lipinski definition) is 3. The number of thiophene rings is 2. The Morgan fingerprint density at radius 1 is 0.667 bits per heavy atom. The molecule has 0 saturated heterocycles. The van der Waals surface area contributed by atoms with Crippen LogP contribution in [0.25, 0.3) is 20.2 Å². The van der Waals surface area contributed by atoms with Crippen LogP contribution in [-0.2, 0) is 0 Å². The van der Waals surface area contributed by atoms with Gasteiger partial charge < -0.3 is 4.74 Å². The zero-order chi connectivity index (χ0) is 22.8. The molecular formula is C30H34OS2. The minimum Gasteiger partial charge on any atom is -0.457 e. The smallest absolute Gasteiger partial charge is 0.128 e. The first kappa shape index (κ1) is 21.7. The lowest BCUT2D eigenvalue weighted by atomic mass is 9.81. The molecule has 4 aromatic rings. The van der Waals surface area contributed by atoms with Gasteiger partial charge in [0, 0.05) is 19.2 Å². The molecule has 3 heteroatoms. The molecule has 2 fully saturated rings. The maximum Gasteiger partial charge on any atom is 0.128 e. The van der Waals surface area contributed by atoms with E-state index in [1.165, 1.54) is 58.7 Å². The average molecular weight is 475 g/mol. The summed E-state index contributed by atoms with van der Waals surface area (Å²) in [6.45, 7) is 9.74. The first-order chi connectivity index (χ1) is 15.8. The van der Waals surface area contributed by atoms with Gasteiger partial charge in [-0.1, -0.05) is 40.5 Å². The molecule has 2 saturated carbocycles. The number of benzene rings is 2. The molecule has 33 heavy (non-hydrogen) atoms. The van der Waals surface area contributed by atoms with Gasteiger partial charge in [0.1, 0.15) is 11.5 Å². The van der Waals surface area contributed by atoms with Crippen LogP contribution in [0.2, 0.25) is 0 Å². The summed E-state index contributed by atoms with van der Waals surface area (Å²) < 4.78 is 9.04. The van der Waals surface area contributed by atoms with Crippen LogP contribution in [0.4, 0.5) is 0 Å². The Balaban J connectivity index is 1.26. The van der Waals surface area contributed by atoms with Crippen molar-refractivity contribution in [3.8, 4) is 11.5 Å². The van der Waals surface area contributed by atoms with E-state index in [0.717, 1.165) is 11.5 Å². The van der Waals surface area contributed by atoms with Gasteiger partial charge in [-0.3, -0.25) is 0 Å². The lowest BCUT2D eigenvalue weighted by Crippen LogP contribution is -2.14. The second-order valence-electron chi connectivity index (χ2n) is 11.7. The van der Waals surface area contributed by atoms with Gasteiger partial charge >= 0.3 is 0 Å². The van der Waals surface area contributed by atoms with Crippen molar-refractivity contribution in [1.29, 1.82) is 0 Å². The Kier molecular flexibility index (Phi) is 5.16. The van der Waals surface area contributed by atoms with E-state index in [-0.39, 0.29) is 0 Å². The van der Waals surface area contributed by atoms with Crippen LogP contribution in [0.3, 0.4) is 0 Å². The van der Waals surface area contributed by atoms with Crippen molar-refractivity contribution < 1.29 is 4.74 Å². The number of ether oxygens (including phenoxy) is 1. The Hall–Kier alpha value is -1.84. The molecule has 0 radical (unpaired) electrons. The van der Waals surface area contributed by atoms with Gasteiger partial charge in [-0.25, -0.2) is 0 Å². The van der Waals surface area contributed by atoms with Crippen LogP contribution in [0.15, 0.2) is 48.5 Å². The predicted molar refractivity (Wildman–Crippen MR) is 144 cm³/mol. The molecule has 2 aromatic carbocycles. The highest BCUT2D eigenvalue weighted by Crippen LogP contribution is 2.52. The Bertz CT molecular complexity index is 1220.